The second kappa shape index (κ2) is 13.5. The van der Waals surface area contributed by atoms with E-state index in [1.54, 1.807) is 12.4 Å². The quantitative estimate of drug-likeness (QED) is 0.515. The van der Waals surface area contributed by atoms with Crippen LogP contribution >= 0.6 is 0 Å². The predicted octanol–water partition coefficient (Wildman–Crippen LogP) is 4.45. The van der Waals surface area contributed by atoms with Crippen LogP contribution in [0.5, 0.6) is 5.75 Å². The highest BCUT2D eigenvalue weighted by atomic mass is 19.4. The maximum atomic E-state index is 10.6. The minimum atomic E-state index is -5.08. The van der Waals surface area contributed by atoms with Crippen molar-refractivity contribution in [3.8, 4) is 5.75 Å². The second-order valence-electron chi connectivity index (χ2n) is 8.32. The number of aliphatic carboxylic acids is 2. The minimum Gasteiger partial charge on any atom is -0.489 e. The van der Waals surface area contributed by atoms with Crippen LogP contribution < -0.4 is 4.74 Å². The van der Waals surface area contributed by atoms with E-state index < -0.39 is 24.3 Å². The van der Waals surface area contributed by atoms with E-state index in [2.05, 4.69) is 16.0 Å². The van der Waals surface area contributed by atoms with Gasteiger partial charge in [0.2, 0.25) is 0 Å². The molecule has 2 saturated heterocycles. The van der Waals surface area contributed by atoms with Crippen LogP contribution in [0.4, 0.5) is 26.3 Å². The molecule has 212 valence electrons. The normalized spacial score (nSPS) is 21.3. The Hall–Kier alpha value is -3.33. The zero-order chi connectivity index (χ0) is 28.5. The maximum Gasteiger partial charge on any atom is 0.490 e. The summed E-state index contributed by atoms with van der Waals surface area (Å²) in [6.07, 6.45) is -2.89. The lowest BCUT2D eigenvalue weighted by Crippen LogP contribution is -2.43. The molecular formula is C23H26F6N2O7. The predicted molar refractivity (Wildman–Crippen MR) is 117 cm³/mol. The van der Waals surface area contributed by atoms with Gasteiger partial charge in [0.15, 0.2) is 0 Å². The number of fused-ring (bicyclic) bond motifs is 1. The lowest BCUT2D eigenvalue weighted by Gasteiger charge is -2.35. The van der Waals surface area contributed by atoms with Crippen molar-refractivity contribution in [3.63, 3.8) is 0 Å². The molecule has 38 heavy (non-hydrogen) atoms. The van der Waals surface area contributed by atoms with Crippen molar-refractivity contribution in [3.05, 3.63) is 48.2 Å². The molecule has 0 unspecified atom stereocenters. The summed E-state index contributed by atoms with van der Waals surface area (Å²) in [6.45, 7) is 4.56. The third-order valence-corrected chi connectivity index (χ3v) is 5.46. The summed E-state index contributed by atoms with van der Waals surface area (Å²) in [5.41, 5.74) is 0. The third-order valence-electron chi connectivity index (χ3n) is 5.46. The Morgan fingerprint density at radius 1 is 1.05 bits per heavy atom. The Morgan fingerprint density at radius 2 is 1.68 bits per heavy atom. The molecule has 2 N–H and O–H groups in total. The van der Waals surface area contributed by atoms with Crippen LogP contribution in [0.15, 0.2) is 41.1 Å². The van der Waals surface area contributed by atoms with Gasteiger partial charge in [-0.1, -0.05) is 0 Å². The number of halogens is 6. The summed E-state index contributed by atoms with van der Waals surface area (Å²) in [4.78, 5) is 24.4. The fourth-order valence-electron chi connectivity index (χ4n) is 3.80. The number of alkyl halides is 6. The number of pyridine rings is 1. The molecule has 0 amide bonds. The van der Waals surface area contributed by atoms with Gasteiger partial charge in [0.05, 0.1) is 24.9 Å². The maximum absolute atomic E-state index is 10.6. The van der Waals surface area contributed by atoms with E-state index in [1.165, 1.54) is 0 Å². The van der Waals surface area contributed by atoms with E-state index in [9.17, 15) is 26.3 Å². The lowest BCUT2D eigenvalue weighted by atomic mass is 9.99. The first kappa shape index (κ1) is 30.9. The number of likely N-dealkylation sites (tertiary alicyclic amines) is 1. The molecule has 0 aliphatic carbocycles. The lowest BCUT2D eigenvalue weighted by molar-refractivity contribution is -0.193. The number of hydrogen-bond donors (Lipinski definition) is 2. The number of furan rings is 1. The summed E-state index contributed by atoms with van der Waals surface area (Å²) in [5.74, 6) is -2.67. The van der Waals surface area contributed by atoms with E-state index in [4.69, 9.17) is 33.7 Å². The molecule has 3 atom stereocenters. The Morgan fingerprint density at radius 3 is 2.18 bits per heavy atom. The van der Waals surface area contributed by atoms with Gasteiger partial charge in [0, 0.05) is 18.8 Å². The summed E-state index contributed by atoms with van der Waals surface area (Å²) in [7, 11) is 0. The van der Waals surface area contributed by atoms with Crippen LogP contribution in [0.2, 0.25) is 0 Å². The molecule has 0 aromatic carbocycles. The van der Waals surface area contributed by atoms with Crippen molar-refractivity contribution in [1.82, 2.24) is 9.88 Å². The van der Waals surface area contributed by atoms with Crippen LogP contribution in [0.25, 0.3) is 0 Å². The van der Waals surface area contributed by atoms with Crippen LogP contribution in [-0.2, 0) is 20.9 Å². The van der Waals surface area contributed by atoms with Crippen molar-refractivity contribution in [2.75, 3.05) is 13.2 Å². The molecule has 4 rings (SSSR count). The van der Waals surface area contributed by atoms with Crippen molar-refractivity contribution in [2.24, 2.45) is 0 Å². The summed E-state index contributed by atoms with van der Waals surface area (Å²) in [5, 5.41) is 14.2. The molecule has 0 saturated carbocycles. The summed E-state index contributed by atoms with van der Waals surface area (Å²) < 4.78 is 81.3. The average molecular weight is 556 g/mol. The third kappa shape index (κ3) is 10.2. The van der Waals surface area contributed by atoms with Gasteiger partial charge in [0.25, 0.3) is 0 Å². The van der Waals surface area contributed by atoms with Gasteiger partial charge in [-0.15, -0.1) is 0 Å². The topological polar surface area (TPSA) is 122 Å². The highest BCUT2D eigenvalue weighted by Gasteiger charge is 2.40. The fraction of sp³-hybridized carbons (Fsp3) is 0.522. The Bertz CT molecular complexity index is 1010. The van der Waals surface area contributed by atoms with Gasteiger partial charge in [-0.2, -0.15) is 26.3 Å². The number of carbonyl (C=O) groups is 2. The number of aryl methyl sites for hydroxylation is 1. The van der Waals surface area contributed by atoms with Gasteiger partial charge >= 0.3 is 24.3 Å². The average Bonchev–Trinajstić information content (AvgIpc) is 3.43. The number of ether oxygens (including phenoxy) is 2. The van der Waals surface area contributed by atoms with E-state index in [-0.39, 0.29) is 6.10 Å². The van der Waals surface area contributed by atoms with E-state index in [0.29, 0.717) is 18.8 Å². The van der Waals surface area contributed by atoms with Gasteiger partial charge < -0.3 is 24.1 Å². The van der Waals surface area contributed by atoms with Gasteiger partial charge in [-0.3, -0.25) is 9.88 Å². The van der Waals surface area contributed by atoms with Crippen molar-refractivity contribution < 1.29 is 60.0 Å². The van der Waals surface area contributed by atoms with Crippen LogP contribution in [0, 0.1) is 6.92 Å². The second-order valence-corrected chi connectivity index (χ2v) is 8.32. The van der Waals surface area contributed by atoms with Crippen molar-refractivity contribution in [1.29, 1.82) is 0 Å². The van der Waals surface area contributed by atoms with E-state index >= 15 is 0 Å². The molecular weight excluding hydrogens is 530 g/mol. The number of carboxylic acid groups (broad SMARTS) is 2. The number of hydrogen-bond acceptors (Lipinski definition) is 7. The highest BCUT2D eigenvalue weighted by molar-refractivity contribution is 5.73. The minimum absolute atomic E-state index is 0.178. The number of rotatable bonds is 5. The smallest absolute Gasteiger partial charge is 0.489 e. The molecule has 0 radical (unpaired) electrons. The summed E-state index contributed by atoms with van der Waals surface area (Å²) >= 11 is 0. The zero-order valence-electron chi connectivity index (χ0n) is 20.0. The van der Waals surface area contributed by atoms with Gasteiger partial charge in [-0.25, -0.2) is 9.59 Å². The Balaban J connectivity index is 0.000000301. The molecule has 15 heteroatoms. The SMILES string of the molecule is Cc1ccc(CN2CC[C@@H]3O[C@H](COc4cccnc4)CC[C@@H]32)o1.O=C(O)C(F)(F)F.O=C(O)C(F)(F)F. The summed E-state index contributed by atoms with van der Waals surface area (Å²) in [6, 6.07) is 8.44. The Labute approximate surface area is 213 Å². The largest absolute Gasteiger partial charge is 0.490 e. The van der Waals surface area contributed by atoms with Crippen LogP contribution in [0.1, 0.15) is 30.8 Å². The molecule has 0 bridgehead atoms. The molecule has 2 aliphatic rings. The van der Waals surface area contributed by atoms with Crippen LogP contribution in [0.3, 0.4) is 0 Å². The molecule has 2 aliphatic heterocycles. The molecule has 2 fully saturated rings. The van der Waals surface area contributed by atoms with Crippen LogP contribution in [-0.4, -0.2) is 75.8 Å². The fourth-order valence-corrected chi connectivity index (χ4v) is 3.80. The van der Waals surface area contributed by atoms with Crippen molar-refractivity contribution in [2.45, 2.75) is 63.3 Å². The number of carboxylic acids is 2. The molecule has 9 nitrogen and oxygen atoms in total. The first-order chi connectivity index (χ1) is 17.7. The molecule has 4 heterocycles. The Kier molecular flexibility index (Phi) is 10.9. The van der Waals surface area contributed by atoms with E-state index in [0.717, 1.165) is 49.6 Å². The zero-order valence-corrected chi connectivity index (χ0v) is 20.0. The van der Waals surface area contributed by atoms with Gasteiger partial charge in [-0.05, 0) is 50.5 Å². The highest BCUT2D eigenvalue weighted by Crippen LogP contribution is 2.33. The van der Waals surface area contributed by atoms with Gasteiger partial charge in [0.1, 0.15) is 23.9 Å². The standard InChI is InChI=1S/C19H24N2O3.2C2HF3O2/c1-14-4-5-16(23-14)12-21-10-8-19-18(21)7-6-17(24-19)13-22-15-3-2-9-20-11-15;2*3-2(4,5)1(6)7/h2-5,9,11,17-19H,6-8,10,12-13H2,1H3;2*(H,6,7)/t17-,18-,19-;;/m0../s1. The molecule has 2 aromatic heterocycles. The monoisotopic (exact) mass is 556 g/mol. The van der Waals surface area contributed by atoms with E-state index in [1.807, 2.05) is 25.1 Å². The number of aromatic nitrogens is 1. The number of nitrogens with zero attached hydrogens (tertiary/aromatic N) is 2. The molecule has 0 spiro atoms. The molecule has 2 aromatic rings. The first-order valence-corrected chi connectivity index (χ1v) is 11.2. The first-order valence-electron chi connectivity index (χ1n) is 11.2. The van der Waals surface area contributed by atoms with Crippen molar-refractivity contribution >= 4 is 11.9 Å².